The Labute approximate surface area is 233 Å². The second-order valence-electron chi connectivity index (χ2n) is 11.6. The van der Waals surface area contributed by atoms with Crippen molar-refractivity contribution in [3.8, 4) is 5.75 Å². The number of β-amino-alcohol motifs (C(OH)–C–C–N with tert-alkyl or cyclic N) is 1. The number of carbonyl (C=O) groups excluding carboxylic acids is 6. The average Bonchev–Trinajstić information content (AvgIpc) is 3.28. The first-order valence-corrected chi connectivity index (χ1v) is 13.3. The van der Waals surface area contributed by atoms with Crippen LogP contribution in [-0.4, -0.2) is 112 Å². The molecular weight excluding hydrogens is 543 g/mol. The van der Waals surface area contributed by atoms with Crippen molar-refractivity contribution in [2.75, 3.05) is 39.0 Å². The van der Waals surface area contributed by atoms with Crippen LogP contribution in [0.2, 0.25) is 0 Å². The summed E-state index contributed by atoms with van der Waals surface area (Å²) in [7, 11) is 2.93. The highest BCUT2D eigenvalue weighted by atomic mass is 19.1. The summed E-state index contributed by atoms with van der Waals surface area (Å²) < 4.78 is 15.4. The lowest BCUT2D eigenvalue weighted by Crippen LogP contribution is -2.74. The highest BCUT2D eigenvalue weighted by Crippen LogP contribution is 2.51. The van der Waals surface area contributed by atoms with E-state index in [2.05, 4.69) is 5.32 Å². The standard InChI is InChI=1S/C27H31FN4O9/c1-31(2)20-13-6-10-5-12-14(28)7-15(30-16(34)9-32-4-3-11(33)8-32)21(35)18(12)22(36)17(10)24(38)27(13,41)25(39)19(23(20)37)26(29)40/h7,10-11,13,17,19-20,33,35,41H,3-6,8-9H2,1-2H3,(H2,29,40)(H,30,34)/t10-,11-,13-,17?,19?,20-,27-/m0/s1. The van der Waals surface area contributed by atoms with Gasteiger partial charge in [0, 0.05) is 30.6 Å². The summed E-state index contributed by atoms with van der Waals surface area (Å²) in [6.07, 6.45) is -0.530. The fraction of sp³-hybridized carbons (Fsp3) is 0.556. The first-order valence-electron chi connectivity index (χ1n) is 13.3. The van der Waals surface area contributed by atoms with Crippen molar-refractivity contribution in [3.05, 3.63) is 23.0 Å². The Balaban J connectivity index is 1.51. The van der Waals surface area contributed by atoms with E-state index in [0.717, 1.165) is 6.07 Å². The number of rotatable bonds is 5. The number of likely N-dealkylation sites (N-methyl/N-ethyl adjacent to an activating group) is 1. The second-order valence-corrected chi connectivity index (χ2v) is 11.6. The maximum absolute atomic E-state index is 15.4. The summed E-state index contributed by atoms with van der Waals surface area (Å²) in [5, 5.41) is 34.6. The third kappa shape index (κ3) is 4.36. The van der Waals surface area contributed by atoms with Gasteiger partial charge in [0.15, 0.2) is 34.7 Å². The summed E-state index contributed by atoms with van der Waals surface area (Å²) >= 11 is 0. The van der Waals surface area contributed by atoms with E-state index >= 15 is 4.39 Å². The summed E-state index contributed by atoms with van der Waals surface area (Å²) in [5.41, 5.74) is 1.25. The van der Waals surface area contributed by atoms with Gasteiger partial charge in [-0.25, -0.2) is 4.39 Å². The maximum Gasteiger partial charge on any atom is 0.238 e. The largest absolute Gasteiger partial charge is 0.505 e. The Kier molecular flexibility index (Phi) is 7.09. The number of hydrogen-bond donors (Lipinski definition) is 5. The van der Waals surface area contributed by atoms with Gasteiger partial charge in [0.1, 0.15) is 11.6 Å². The highest BCUT2D eigenvalue weighted by molar-refractivity contribution is 6.32. The summed E-state index contributed by atoms with van der Waals surface area (Å²) in [6, 6.07) is -0.392. The molecule has 1 aliphatic heterocycles. The minimum absolute atomic E-state index is 0.157. The molecule has 1 heterocycles. The number of nitrogens with one attached hydrogen (secondary N) is 1. The number of nitrogens with two attached hydrogens (primary N) is 1. The predicted molar refractivity (Wildman–Crippen MR) is 137 cm³/mol. The number of aromatic hydroxyl groups is 1. The van der Waals surface area contributed by atoms with Gasteiger partial charge in [-0.15, -0.1) is 0 Å². The number of phenolic OH excluding ortho intramolecular Hbond substituents is 1. The van der Waals surface area contributed by atoms with Crippen LogP contribution in [0.1, 0.15) is 28.8 Å². The summed E-state index contributed by atoms with van der Waals surface area (Å²) in [6.45, 7) is 0.569. The van der Waals surface area contributed by atoms with E-state index in [1.165, 1.54) is 19.0 Å². The topological polar surface area (TPSA) is 208 Å². The van der Waals surface area contributed by atoms with Gasteiger partial charge in [-0.3, -0.25) is 38.6 Å². The number of aliphatic hydroxyl groups is 2. The molecule has 0 spiro atoms. The zero-order chi connectivity index (χ0) is 30.1. The lowest BCUT2D eigenvalue weighted by atomic mass is 9.52. The van der Waals surface area contributed by atoms with Crippen molar-refractivity contribution in [2.24, 2.45) is 29.4 Å². The number of halogens is 1. The van der Waals surface area contributed by atoms with Crippen LogP contribution in [0.5, 0.6) is 5.75 Å². The Morgan fingerprint density at radius 1 is 1.22 bits per heavy atom. The number of nitrogens with zero attached hydrogens (tertiary/aromatic N) is 2. The number of carbonyl (C=O) groups is 6. The molecule has 0 aromatic heterocycles. The Hall–Kier alpha value is -3.59. The van der Waals surface area contributed by atoms with Crippen LogP contribution in [-0.2, 0) is 30.4 Å². The minimum Gasteiger partial charge on any atom is -0.505 e. The smallest absolute Gasteiger partial charge is 0.238 e. The van der Waals surface area contributed by atoms with E-state index in [0.29, 0.717) is 13.0 Å². The van der Waals surface area contributed by atoms with Crippen molar-refractivity contribution in [2.45, 2.75) is 37.0 Å². The predicted octanol–water partition coefficient (Wildman–Crippen LogP) is -1.99. The molecule has 41 heavy (non-hydrogen) atoms. The fourth-order valence-corrected chi connectivity index (χ4v) is 7.07. The van der Waals surface area contributed by atoms with Gasteiger partial charge in [-0.2, -0.15) is 0 Å². The molecule has 6 N–H and O–H groups in total. The van der Waals surface area contributed by atoms with E-state index in [9.17, 15) is 44.1 Å². The van der Waals surface area contributed by atoms with Gasteiger partial charge < -0.3 is 26.4 Å². The van der Waals surface area contributed by atoms with Crippen molar-refractivity contribution >= 4 is 40.6 Å². The number of ketones is 4. The van der Waals surface area contributed by atoms with Crippen molar-refractivity contribution in [1.29, 1.82) is 0 Å². The van der Waals surface area contributed by atoms with E-state index in [1.807, 2.05) is 0 Å². The van der Waals surface area contributed by atoms with Crippen molar-refractivity contribution in [3.63, 3.8) is 0 Å². The lowest BCUT2D eigenvalue weighted by Gasteiger charge is -2.52. The number of phenols is 1. The SMILES string of the molecule is CN(C)[C@@H]1C(=O)C(C(N)=O)C(=O)[C@@]2(O)C(=O)C3C(=O)c4c(O)c(NC(=O)CN5CC[C@H](O)C5)cc(F)c4C[C@H]3C[C@@H]12. The first kappa shape index (κ1) is 28.9. The first-order chi connectivity index (χ1) is 19.2. The molecule has 3 fully saturated rings. The van der Waals surface area contributed by atoms with Crippen molar-refractivity contribution < 1.29 is 48.5 Å². The molecule has 4 aliphatic rings. The molecule has 5 rings (SSSR count). The van der Waals surface area contributed by atoms with Crippen LogP contribution in [0.3, 0.4) is 0 Å². The van der Waals surface area contributed by atoms with Gasteiger partial charge in [-0.1, -0.05) is 0 Å². The van der Waals surface area contributed by atoms with E-state index in [4.69, 9.17) is 5.73 Å². The molecule has 0 radical (unpaired) electrons. The van der Waals surface area contributed by atoms with Crippen LogP contribution in [0.4, 0.5) is 10.1 Å². The van der Waals surface area contributed by atoms with Crippen LogP contribution in [0.25, 0.3) is 0 Å². The molecular formula is C27H31FN4O9. The molecule has 1 saturated heterocycles. The highest BCUT2D eigenvalue weighted by Gasteiger charge is 2.69. The van der Waals surface area contributed by atoms with Crippen LogP contribution >= 0.6 is 0 Å². The Morgan fingerprint density at radius 2 is 1.90 bits per heavy atom. The number of fused-ring (bicyclic) bond motifs is 3. The fourth-order valence-electron chi connectivity index (χ4n) is 7.07. The monoisotopic (exact) mass is 574 g/mol. The summed E-state index contributed by atoms with van der Waals surface area (Å²) in [5.74, 6) is -14.2. The number of likely N-dealkylation sites (tertiary alicyclic amines) is 1. The van der Waals surface area contributed by atoms with Gasteiger partial charge in [-0.05, 0) is 39.3 Å². The molecule has 7 atom stereocenters. The number of benzene rings is 1. The number of amides is 2. The molecule has 3 aliphatic carbocycles. The van der Waals surface area contributed by atoms with Crippen LogP contribution < -0.4 is 11.1 Å². The Bertz CT molecular complexity index is 1400. The third-order valence-corrected chi connectivity index (χ3v) is 8.90. The zero-order valence-corrected chi connectivity index (χ0v) is 22.4. The normalized spacial score (nSPS) is 33.4. The van der Waals surface area contributed by atoms with E-state index < -0.39 is 99.2 Å². The molecule has 2 amide bonds. The molecule has 2 saturated carbocycles. The molecule has 1 aromatic rings. The Morgan fingerprint density at radius 3 is 2.49 bits per heavy atom. The molecule has 2 unspecified atom stereocenters. The maximum atomic E-state index is 15.4. The van der Waals surface area contributed by atoms with Gasteiger partial charge in [0.25, 0.3) is 0 Å². The third-order valence-electron chi connectivity index (χ3n) is 8.90. The summed E-state index contributed by atoms with van der Waals surface area (Å²) in [4.78, 5) is 81.6. The second kappa shape index (κ2) is 10.0. The molecule has 13 nitrogen and oxygen atoms in total. The van der Waals surface area contributed by atoms with Crippen LogP contribution in [0, 0.1) is 29.5 Å². The van der Waals surface area contributed by atoms with Crippen molar-refractivity contribution in [1.82, 2.24) is 9.80 Å². The number of hydrogen-bond acceptors (Lipinski definition) is 11. The van der Waals surface area contributed by atoms with Gasteiger partial charge in [0.05, 0.1) is 35.9 Å². The number of anilines is 1. The van der Waals surface area contributed by atoms with Crippen LogP contribution in [0.15, 0.2) is 6.07 Å². The molecule has 220 valence electrons. The van der Waals surface area contributed by atoms with Gasteiger partial charge >= 0.3 is 0 Å². The number of primary amides is 1. The zero-order valence-electron chi connectivity index (χ0n) is 22.4. The average molecular weight is 575 g/mol. The van der Waals surface area contributed by atoms with E-state index in [1.54, 1.807) is 4.90 Å². The lowest BCUT2D eigenvalue weighted by molar-refractivity contribution is -0.181. The minimum atomic E-state index is -2.89. The molecule has 14 heteroatoms. The number of aliphatic hydroxyl groups excluding tert-OH is 1. The van der Waals surface area contributed by atoms with Gasteiger partial charge in [0.2, 0.25) is 11.8 Å². The quantitative estimate of drug-likeness (QED) is 0.192. The molecule has 0 bridgehead atoms. The van der Waals surface area contributed by atoms with E-state index in [-0.39, 0.29) is 31.5 Å². The molecule has 1 aromatic carbocycles. The number of Topliss-reactive ketones (excluding diaryl/α,β-unsaturated/α-hetero) is 4.